The van der Waals surface area contributed by atoms with Crippen molar-refractivity contribution in [2.45, 2.75) is 32.4 Å². The summed E-state index contributed by atoms with van der Waals surface area (Å²) >= 11 is 0. The van der Waals surface area contributed by atoms with E-state index in [0.29, 0.717) is 13.0 Å². The number of amides is 2. The number of hydrogen-bond acceptors (Lipinski definition) is 3. The maximum Gasteiger partial charge on any atom is 0.244 e. The van der Waals surface area contributed by atoms with E-state index < -0.39 is 0 Å². The smallest absolute Gasteiger partial charge is 0.244 e. The third kappa shape index (κ3) is 3.41. The fourth-order valence-corrected chi connectivity index (χ4v) is 2.68. The van der Waals surface area contributed by atoms with Crippen molar-refractivity contribution in [1.82, 2.24) is 15.1 Å². The Bertz CT molecular complexity index is 679. The molecular formula is C17H20N4O2. The summed E-state index contributed by atoms with van der Waals surface area (Å²) in [5, 5.41) is 6.98. The van der Waals surface area contributed by atoms with Gasteiger partial charge in [-0.15, -0.1) is 0 Å². The van der Waals surface area contributed by atoms with Crippen LogP contribution in [0.1, 0.15) is 31.4 Å². The number of nitrogens with zero attached hydrogens (tertiary/aromatic N) is 3. The van der Waals surface area contributed by atoms with E-state index in [1.165, 1.54) is 0 Å². The average Bonchev–Trinajstić information content (AvgIpc) is 3.24. The van der Waals surface area contributed by atoms with Crippen LogP contribution in [0, 0.1) is 0 Å². The van der Waals surface area contributed by atoms with Gasteiger partial charge >= 0.3 is 0 Å². The maximum absolute atomic E-state index is 12.1. The van der Waals surface area contributed by atoms with E-state index in [1.807, 2.05) is 36.1 Å². The largest absolute Gasteiger partial charge is 0.350 e. The summed E-state index contributed by atoms with van der Waals surface area (Å²) in [4.78, 5) is 25.6. The Hall–Kier alpha value is -2.63. The predicted molar refractivity (Wildman–Crippen MR) is 86.8 cm³/mol. The molecule has 23 heavy (non-hydrogen) atoms. The number of carbonyl (C=O) groups excluding carboxylic acids is 2. The van der Waals surface area contributed by atoms with Gasteiger partial charge in [-0.3, -0.25) is 14.3 Å². The molecule has 0 unspecified atom stereocenters. The van der Waals surface area contributed by atoms with E-state index in [-0.39, 0.29) is 17.9 Å². The third-order valence-electron chi connectivity index (χ3n) is 4.09. The predicted octanol–water partition coefficient (Wildman–Crippen LogP) is 1.89. The minimum Gasteiger partial charge on any atom is -0.350 e. The number of hydrogen-bond donors (Lipinski definition) is 1. The van der Waals surface area contributed by atoms with E-state index in [1.54, 1.807) is 23.1 Å². The Morgan fingerprint density at radius 1 is 1.35 bits per heavy atom. The first kappa shape index (κ1) is 15.3. The van der Waals surface area contributed by atoms with Gasteiger partial charge in [0.15, 0.2) is 0 Å². The Kier molecular flexibility index (Phi) is 4.41. The maximum atomic E-state index is 12.1. The van der Waals surface area contributed by atoms with Crippen LogP contribution in [0.25, 0.3) is 0 Å². The van der Waals surface area contributed by atoms with Crippen molar-refractivity contribution in [2.24, 2.45) is 0 Å². The SMILES string of the molecule is C[C@@H](C(=O)NCc1ccc(N2CCCC2=O)cc1)n1cccn1. The Labute approximate surface area is 135 Å². The molecule has 2 aromatic rings. The monoisotopic (exact) mass is 312 g/mol. The van der Waals surface area contributed by atoms with Crippen molar-refractivity contribution >= 4 is 17.5 Å². The first-order valence-electron chi connectivity index (χ1n) is 7.81. The van der Waals surface area contributed by atoms with Crippen molar-refractivity contribution in [3.8, 4) is 0 Å². The summed E-state index contributed by atoms with van der Waals surface area (Å²) in [7, 11) is 0. The van der Waals surface area contributed by atoms with Gasteiger partial charge < -0.3 is 10.2 Å². The molecule has 0 aliphatic carbocycles. The molecule has 6 heteroatoms. The fraction of sp³-hybridized carbons (Fsp3) is 0.353. The summed E-state index contributed by atoms with van der Waals surface area (Å²) in [5.74, 6) is 0.103. The lowest BCUT2D eigenvalue weighted by atomic mass is 10.2. The van der Waals surface area contributed by atoms with E-state index in [2.05, 4.69) is 10.4 Å². The van der Waals surface area contributed by atoms with E-state index in [9.17, 15) is 9.59 Å². The van der Waals surface area contributed by atoms with Crippen LogP contribution in [0.2, 0.25) is 0 Å². The minimum absolute atomic E-state index is 0.0764. The molecule has 1 aliphatic heterocycles. The minimum atomic E-state index is -0.341. The second-order valence-electron chi connectivity index (χ2n) is 5.70. The van der Waals surface area contributed by atoms with Crippen molar-refractivity contribution in [1.29, 1.82) is 0 Å². The summed E-state index contributed by atoms with van der Waals surface area (Å²) in [6.45, 7) is 3.05. The molecule has 0 bridgehead atoms. The number of aromatic nitrogens is 2. The quantitative estimate of drug-likeness (QED) is 0.917. The standard InChI is InChI=1S/C17H20N4O2/c1-13(21-11-3-9-19-21)17(23)18-12-14-5-7-15(8-6-14)20-10-2-4-16(20)22/h3,5-9,11,13H,2,4,10,12H2,1H3,(H,18,23)/t13-/m0/s1. The highest BCUT2D eigenvalue weighted by atomic mass is 16.2. The first-order chi connectivity index (χ1) is 11.1. The molecule has 1 aromatic carbocycles. The van der Waals surface area contributed by atoms with Crippen LogP contribution in [0.4, 0.5) is 5.69 Å². The van der Waals surface area contributed by atoms with E-state index in [0.717, 1.165) is 24.2 Å². The summed E-state index contributed by atoms with van der Waals surface area (Å²) in [6.07, 6.45) is 4.97. The lowest BCUT2D eigenvalue weighted by molar-refractivity contribution is -0.124. The Morgan fingerprint density at radius 2 is 2.13 bits per heavy atom. The summed E-state index contributed by atoms with van der Waals surface area (Å²) in [6, 6.07) is 9.21. The third-order valence-corrected chi connectivity index (χ3v) is 4.09. The van der Waals surface area contributed by atoms with Gasteiger partial charge in [0.2, 0.25) is 11.8 Å². The van der Waals surface area contributed by atoms with Gasteiger partial charge in [-0.05, 0) is 37.1 Å². The zero-order valence-corrected chi connectivity index (χ0v) is 13.1. The van der Waals surface area contributed by atoms with Gasteiger partial charge in [-0.1, -0.05) is 12.1 Å². The fourth-order valence-electron chi connectivity index (χ4n) is 2.68. The molecule has 120 valence electrons. The molecule has 0 saturated carbocycles. The molecule has 2 amide bonds. The van der Waals surface area contributed by atoms with Crippen molar-refractivity contribution in [3.05, 3.63) is 48.3 Å². The van der Waals surface area contributed by atoms with Gasteiger partial charge in [0, 0.05) is 37.6 Å². The van der Waals surface area contributed by atoms with Crippen LogP contribution in [0.15, 0.2) is 42.7 Å². The number of anilines is 1. The van der Waals surface area contributed by atoms with Crippen LogP contribution >= 0.6 is 0 Å². The van der Waals surface area contributed by atoms with Crippen LogP contribution in [-0.4, -0.2) is 28.1 Å². The van der Waals surface area contributed by atoms with E-state index in [4.69, 9.17) is 0 Å². The molecule has 1 atom stereocenters. The van der Waals surface area contributed by atoms with Crippen LogP contribution < -0.4 is 10.2 Å². The molecule has 1 aliphatic rings. The van der Waals surface area contributed by atoms with Crippen LogP contribution in [0.5, 0.6) is 0 Å². The average molecular weight is 312 g/mol. The van der Waals surface area contributed by atoms with E-state index >= 15 is 0 Å². The summed E-state index contributed by atoms with van der Waals surface area (Å²) in [5.41, 5.74) is 1.92. The van der Waals surface area contributed by atoms with Gasteiger partial charge in [-0.25, -0.2) is 0 Å². The number of benzene rings is 1. The van der Waals surface area contributed by atoms with Crippen LogP contribution in [0.3, 0.4) is 0 Å². The molecule has 6 nitrogen and oxygen atoms in total. The van der Waals surface area contributed by atoms with Gasteiger partial charge in [0.1, 0.15) is 6.04 Å². The zero-order valence-electron chi connectivity index (χ0n) is 13.1. The van der Waals surface area contributed by atoms with Gasteiger partial charge in [-0.2, -0.15) is 5.10 Å². The Balaban J connectivity index is 1.56. The number of nitrogens with one attached hydrogen (secondary N) is 1. The highest BCUT2D eigenvalue weighted by molar-refractivity contribution is 5.95. The Morgan fingerprint density at radius 3 is 2.74 bits per heavy atom. The lowest BCUT2D eigenvalue weighted by Crippen LogP contribution is -2.30. The van der Waals surface area contributed by atoms with Gasteiger partial charge in [0.25, 0.3) is 0 Å². The second kappa shape index (κ2) is 6.64. The lowest BCUT2D eigenvalue weighted by Gasteiger charge is -2.16. The number of rotatable bonds is 5. The zero-order chi connectivity index (χ0) is 16.2. The van der Waals surface area contributed by atoms with Crippen LogP contribution in [-0.2, 0) is 16.1 Å². The molecule has 2 heterocycles. The molecule has 1 saturated heterocycles. The molecule has 1 fully saturated rings. The highest BCUT2D eigenvalue weighted by Crippen LogP contribution is 2.21. The van der Waals surface area contributed by atoms with Gasteiger partial charge in [0.05, 0.1) is 0 Å². The van der Waals surface area contributed by atoms with Crippen molar-refractivity contribution < 1.29 is 9.59 Å². The summed E-state index contributed by atoms with van der Waals surface area (Å²) < 4.78 is 1.62. The normalized spacial score (nSPS) is 15.7. The number of carbonyl (C=O) groups is 2. The molecule has 0 radical (unpaired) electrons. The topological polar surface area (TPSA) is 67.2 Å². The highest BCUT2D eigenvalue weighted by Gasteiger charge is 2.21. The molecule has 3 rings (SSSR count). The first-order valence-corrected chi connectivity index (χ1v) is 7.81. The molecule has 0 spiro atoms. The van der Waals surface area contributed by atoms with Crippen molar-refractivity contribution in [2.75, 3.05) is 11.4 Å². The molecule has 1 aromatic heterocycles. The molecular weight excluding hydrogens is 292 g/mol. The molecule has 1 N–H and O–H groups in total. The second-order valence-corrected chi connectivity index (χ2v) is 5.70. The van der Waals surface area contributed by atoms with Crippen molar-refractivity contribution in [3.63, 3.8) is 0 Å².